The van der Waals surface area contributed by atoms with Crippen LogP contribution in [0, 0.1) is 0 Å². The van der Waals surface area contributed by atoms with Crippen LogP contribution in [0.1, 0.15) is 5.56 Å². The lowest BCUT2D eigenvalue weighted by atomic mass is 10.1. The van der Waals surface area contributed by atoms with Crippen molar-refractivity contribution in [2.45, 2.75) is 6.54 Å². The normalized spacial score (nSPS) is 15.5. The molecule has 27 heavy (non-hydrogen) atoms. The molecule has 0 aliphatic carbocycles. The highest BCUT2D eigenvalue weighted by atomic mass is 79.9. The van der Waals surface area contributed by atoms with E-state index in [0.29, 0.717) is 22.4 Å². The highest BCUT2D eigenvalue weighted by Crippen LogP contribution is 2.29. The average Bonchev–Trinajstić information content (AvgIpc) is 3.17. The van der Waals surface area contributed by atoms with E-state index in [0.717, 1.165) is 26.7 Å². The SMILES string of the molecule is O=C1NC(=S)S/C1=C\c1cn(CCOc2ccc(Br)cc2)c2ccccc12. The molecule has 0 bridgehead atoms. The molecule has 4 nitrogen and oxygen atoms in total. The van der Waals surface area contributed by atoms with Crippen LogP contribution in [0.3, 0.4) is 0 Å². The van der Waals surface area contributed by atoms with Crippen LogP contribution in [0.2, 0.25) is 0 Å². The van der Waals surface area contributed by atoms with Crippen molar-refractivity contribution in [3.8, 4) is 5.75 Å². The molecule has 7 heteroatoms. The molecule has 1 aliphatic rings. The van der Waals surface area contributed by atoms with E-state index in [1.807, 2.05) is 42.5 Å². The molecule has 3 aromatic rings. The predicted molar refractivity (Wildman–Crippen MR) is 118 cm³/mol. The zero-order valence-electron chi connectivity index (χ0n) is 14.1. The number of carbonyl (C=O) groups is 1. The molecule has 0 unspecified atom stereocenters. The number of aromatic nitrogens is 1. The number of halogens is 1. The maximum absolute atomic E-state index is 12.0. The maximum atomic E-state index is 12.0. The Kier molecular flexibility index (Phi) is 5.33. The zero-order valence-corrected chi connectivity index (χ0v) is 17.4. The first-order valence-electron chi connectivity index (χ1n) is 8.31. The molecule has 136 valence electrons. The van der Waals surface area contributed by atoms with Gasteiger partial charge in [0.2, 0.25) is 0 Å². The summed E-state index contributed by atoms with van der Waals surface area (Å²) in [7, 11) is 0. The maximum Gasteiger partial charge on any atom is 0.263 e. The Labute approximate surface area is 174 Å². The Morgan fingerprint density at radius 1 is 1.19 bits per heavy atom. The van der Waals surface area contributed by atoms with Gasteiger partial charge in [-0.05, 0) is 36.4 Å². The van der Waals surface area contributed by atoms with Crippen LogP contribution in [0.4, 0.5) is 0 Å². The number of benzene rings is 2. The van der Waals surface area contributed by atoms with E-state index in [9.17, 15) is 4.79 Å². The molecule has 1 amide bonds. The lowest BCUT2D eigenvalue weighted by Gasteiger charge is -2.08. The van der Waals surface area contributed by atoms with Gasteiger partial charge in [-0.1, -0.05) is 58.1 Å². The van der Waals surface area contributed by atoms with Gasteiger partial charge in [-0.3, -0.25) is 4.79 Å². The number of rotatable bonds is 5. The largest absolute Gasteiger partial charge is 0.492 e. The summed E-state index contributed by atoms with van der Waals surface area (Å²) in [6.45, 7) is 1.26. The molecular formula is C20H15BrN2O2S2. The number of hydrogen-bond donors (Lipinski definition) is 1. The number of thioether (sulfide) groups is 1. The number of nitrogens with one attached hydrogen (secondary N) is 1. The van der Waals surface area contributed by atoms with Crippen molar-refractivity contribution >= 4 is 67.1 Å². The Bertz CT molecular complexity index is 1060. The van der Waals surface area contributed by atoms with Gasteiger partial charge in [0.1, 0.15) is 16.7 Å². The van der Waals surface area contributed by atoms with E-state index in [1.54, 1.807) is 0 Å². The van der Waals surface area contributed by atoms with Gasteiger partial charge in [0.05, 0.1) is 11.4 Å². The number of hydrogen-bond acceptors (Lipinski definition) is 4. The van der Waals surface area contributed by atoms with E-state index < -0.39 is 0 Å². The highest BCUT2D eigenvalue weighted by Gasteiger charge is 2.22. The van der Waals surface area contributed by atoms with Gasteiger partial charge in [-0.15, -0.1) is 0 Å². The first-order chi connectivity index (χ1) is 13.1. The molecule has 4 rings (SSSR count). The first-order valence-corrected chi connectivity index (χ1v) is 10.3. The number of carbonyl (C=O) groups excluding carboxylic acids is 1. The van der Waals surface area contributed by atoms with E-state index in [2.05, 4.69) is 44.1 Å². The van der Waals surface area contributed by atoms with E-state index in [4.69, 9.17) is 17.0 Å². The zero-order chi connectivity index (χ0) is 18.8. The molecule has 2 heterocycles. The van der Waals surface area contributed by atoms with E-state index in [-0.39, 0.29) is 5.91 Å². The lowest BCUT2D eigenvalue weighted by molar-refractivity contribution is -0.115. The number of para-hydroxylation sites is 1. The van der Waals surface area contributed by atoms with Crippen molar-refractivity contribution in [1.82, 2.24) is 9.88 Å². The Balaban J connectivity index is 1.56. The first kappa shape index (κ1) is 18.3. The molecule has 0 saturated carbocycles. The fraction of sp³-hybridized carbons (Fsp3) is 0.100. The Morgan fingerprint density at radius 3 is 2.70 bits per heavy atom. The van der Waals surface area contributed by atoms with Crippen molar-refractivity contribution in [3.05, 3.63) is 69.7 Å². The van der Waals surface area contributed by atoms with Gasteiger partial charge in [0, 0.05) is 27.1 Å². The average molecular weight is 459 g/mol. The smallest absolute Gasteiger partial charge is 0.263 e. The van der Waals surface area contributed by atoms with Crippen molar-refractivity contribution in [3.63, 3.8) is 0 Å². The third-order valence-corrected chi connectivity index (χ3v) is 5.85. The number of amides is 1. The summed E-state index contributed by atoms with van der Waals surface area (Å²) in [6.07, 6.45) is 3.95. The second-order valence-electron chi connectivity index (χ2n) is 5.95. The molecule has 2 aromatic carbocycles. The third kappa shape index (κ3) is 4.10. The van der Waals surface area contributed by atoms with Gasteiger partial charge in [0.15, 0.2) is 0 Å². The Morgan fingerprint density at radius 2 is 1.96 bits per heavy atom. The minimum absolute atomic E-state index is 0.139. The number of nitrogens with zero attached hydrogens (tertiary/aromatic N) is 1. The fourth-order valence-corrected chi connectivity index (χ4v) is 4.23. The summed E-state index contributed by atoms with van der Waals surface area (Å²) in [5.74, 6) is 0.699. The molecule has 1 N–H and O–H groups in total. The Hall–Kier alpha value is -2.09. The second-order valence-corrected chi connectivity index (χ2v) is 8.58. The standard InChI is InChI=1S/C20H15BrN2O2S2/c21-14-5-7-15(8-6-14)25-10-9-23-12-13(16-3-1-2-4-17(16)23)11-18-19(24)22-20(26)27-18/h1-8,11-12H,9-10H2,(H,22,24,26)/b18-11-. The van der Waals surface area contributed by atoms with Gasteiger partial charge in [0.25, 0.3) is 5.91 Å². The fourth-order valence-electron chi connectivity index (χ4n) is 2.93. The van der Waals surface area contributed by atoms with Crippen LogP contribution in [0.25, 0.3) is 17.0 Å². The van der Waals surface area contributed by atoms with Crippen LogP contribution in [-0.2, 0) is 11.3 Å². The number of ether oxygens (including phenoxy) is 1. The molecule has 1 aromatic heterocycles. The molecule has 0 spiro atoms. The summed E-state index contributed by atoms with van der Waals surface area (Å²) >= 11 is 9.79. The molecule has 1 fully saturated rings. The lowest BCUT2D eigenvalue weighted by Crippen LogP contribution is -2.17. The van der Waals surface area contributed by atoms with Gasteiger partial charge < -0.3 is 14.6 Å². The minimum atomic E-state index is -0.139. The van der Waals surface area contributed by atoms with Crippen LogP contribution in [0.15, 0.2) is 64.1 Å². The molecule has 1 saturated heterocycles. The van der Waals surface area contributed by atoms with Crippen molar-refractivity contribution in [2.24, 2.45) is 0 Å². The van der Waals surface area contributed by atoms with Gasteiger partial charge in [-0.2, -0.15) is 0 Å². The topological polar surface area (TPSA) is 43.3 Å². The van der Waals surface area contributed by atoms with E-state index >= 15 is 0 Å². The van der Waals surface area contributed by atoms with E-state index in [1.165, 1.54) is 11.8 Å². The minimum Gasteiger partial charge on any atom is -0.492 e. The van der Waals surface area contributed by atoms with Crippen LogP contribution < -0.4 is 10.1 Å². The monoisotopic (exact) mass is 458 g/mol. The molecule has 1 aliphatic heterocycles. The van der Waals surface area contributed by atoms with Crippen LogP contribution >= 0.6 is 39.9 Å². The molecular weight excluding hydrogens is 444 g/mol. The summed E-state index contributed by atoms with van der Waals surface area (Å²) < 4.78 is 9.52. The highest BCUT2D eigenvalue weighted by molar-refractivity contribution is 9.10. The third-order valence-electron chi connectivity index (χ3n) is 4.16. The number of fused-ring (bicyclic) bond motifs is 1. The van der Waals surface area contributed by atoms with Crippen LogP contribution in [0.5, 0.6) is 5.75 Å². The predicted octanol–water partition coefficient (Wildman–Crippen LogP) is 4.97. The quantitative estimate of drug-likeness (QED) is 0.432. The van der Waals surface area contributed by atoms with Crippen molar-refractivity contribution in [2.75, 3.05) is 6.61 Å². The van der Waals surface area contributed by atoms with Gasteiger partial charge in [-0.25, -0.2) is 0 Å². The van der Waals surface area contributed by atoms with Gasteiger partial charge >= 0.3 is 0 Å². The van der Waals surface area contributed by atoms with Crippen LogP contribution in [-0.4, -0.2) is 21.4 Å². The molecule has 0 atom stereocenters. The summed E-state index contributed by atoms with van der Waals surface area (Å²) in [6, 6.07) is 15.9. The van der Waals surface area contributed by atoms with Crippen molar-refractivity contribution < 1.29 is 9.53 Å². The number of thiocarbonyl (C=S) groups is 1. The van der Waals surface area contributed by atoms with Crippen molar-refractivity contribution in [1.29, 1.82) is 0 Å². The summed E-state index contributed by atoms with van der Waals surface area (Å²) in [5.41, 5.74) is 2.10. The summed E-state index contributed by atoms with van der Waals surface area (Å²) in [5, 5.41) is 3.75. The summed E-state index contributed by atoms with van der Waals surface area (Å²) in [4.78, 5) is 12.6. The second kappa shape index (κ2) is 7.88. The molecule has 0 radical (unpaired) electrons.